The molecule has 2 N–H and O–H groups in total. The molecule has 2 aromatic heterocycles. The van der Waals surface area contributed by atoms with Gasteiger partial charge in [0.25, 0.3) is 5.56 Å². The van der Waals surface area contributed by atoms with Crippen molar-refractivity contribution in [2.75, 3.05) is 41.5 Å². The van der Waals surface area contributed by atoms with E-state index in [1.807, 2.05) is 78.9 Å². The number of nitrogens with one attached hydrogen (secondary N) is 1. The molecule has 1 saturated heterocycles. The molecule has 14 nitrogen and oxygen atoms in total. The summed E-state index contributed by atoms with van der Waals surface area (Å²) in [4.78, 5) is 30.3. The number of hydrogen-bond acceptors (Lipinski definition) is 11. The number of nitrogens with zero attached hydrogens (tertiary/aromatic N) is 6. The van der Waals surface area contributed by atoms with Gasteiger partial charge in [-0.05, 0) is 41.0 Å². The molecule has 0 aliphatic carbocycles. The van der Waals surface area contributed by atoms with E-state index in [2.05, 4.69) is 26.0 Å². The molecular formula is C37H39N7O7. The van der Waals surface area contributed by atoms with E-state index in [1.54, 1.807) is 33.2 Å². The Bertz CT molecular complexity index is 1990. The van der Waals surface area contributed by atoms with Gasteiger partial charge in [-0.15, -0.1) is 0 Å². The molecule has 6 rings (SSSR count). The van der Waals surface area contributed by atoms with Crippen molar-refractivity contribution < 1.29 is 28.8 Å². The summed E-state index contributed by atoms with van der Waals surface area (Å²) >= 11 is 0. The molecule has 1 unspecified atom stereocenters. The number of nitriles is 1. The van der Waals surface area contributed by atoms with E-state index in [0.717, 1.165) is 16.7 Å². The molecule has 14 heteroatoms. The fourth-order valence-corrected chi connectivity index (χ4v) is 6.11. The van der Waals surface area contributed by atoms with Crippen LogP contribution in [0.5, 0.6) is 11.5 Å². The molecule has 0 saturated carbocycles. The topological polar surface area (TPSA) is 169 Å². The van der Waals surface area contributed by atoms with Crippen LogP contribution in [0, 0.1) is 11.3 Å². The van der Waals surface area contributed by atoms with Crippen LogP contribution < -0.4 is 15.0 Å². The van der Waals surface area contributed by atoms with Crippen LogP contribution in [0.4, 0.5) is 5.95 Å². The maximum absolute atomic E-state index is 12.9. The average molecular weight is 694 g/mol. The van der Waals surface area contributed by atoms with Gasteiger partial charge in [-0.1, -0.05) is 54.6 Å². The van der Waals surface area contributed by atoms with E-state index in [4.69, 9.17) is 23.7 Å². The number of ether oxygens (including phenoxy) is 5. The normalized spacial score (nSPS) is 19.0. The zero-order valence-electron chi connectivity index (χ0n) is 28.7. The summed E-state index contributed by atoms with van der Waals surface area (Å²) in [5, 5.41) is 21.0. The van der Waals surface area contributed by atoms with Crippen molar-refractivity contribution >= 4 is 23.5 Å². The monoisotopic (exact) mass is 693 g/mol. The molecule has 4 atom stereocenters. The van der Waals surface area contributed by atoms with E-state index < -0.39 is 35.7 Å². The zero-order valence-corrected chi connectivity index (χ0v) is 28.7. The van der Waals surface area contributed by atoms with Gasteiger partial charge in [-0.2, -0.15) is 10.2 Å². The zero-order chi connectivity index (χ0) is 36.0. The highest BCUT2D eigenvalue weighted by Crippen LogP contribution is 2.43. The smallest absolute Gasteiger partial charge is 0.280 e. The number of aromatic nitrogens is 4. The molecule has 5 aromatic rings. The summed E-state index contributed by atoms with van der Waals surface area (Å²) in [5.41, 5.74) is 1.04. The van der Waals surface area contributed by atoms with E-state index in [1.165, 1.54) is 17.2 Å². The molecule has 0 amide bonds. The third kappa shape index (κ3) is 7.19. The largest absolute Gasteiger partial charge is 0.497 e. The predicted molar refractivity (Wildman–Crippen MR) is 188 cm³/mol. The Balaban J connectivity index is 1.41. The van der Waals surface area contributed by atoms with Gasteiger partial charge in [0.1, 0.15) is 35.4 Å². The number of hydrogen-bond donors (Lipinski definition) is 2. The van der Waals surface area contributed by atoms with Crippen LogP contribution in [-0.2, 0) is 19.8 Å². The summed E-state index contributed by atoms with van der Waals surface area (Å²) < 4.78 is 32.1. The minimum Gasteiger partial charge on any atom is -0.497 e. The lowest BCUT2D eigenvalue weighted by Gasteiger charge is -2.37. The van der Waals surface area contributed by atoms with Gasteiger partial charge < -0.3 is 33.7 Å². The fourth-order valence-electron chi connectivity index (χ4n) is 6.11. The number of aliphatic hydroxyl groups excluding tert-OH is 1. The second-order valence-corrected chi connectivity index (χ2v) is 12.0. The van der Waals surface area contributed by atoms with Crippen molar-refractivity contribution in [1.29, 1.82) is 5.26 Å². The molecule has 51 heavy (non-hydrogen) atoms. The highest BCUT2D eigenvalue weighted by Gasteiger charge is 2.48. The Morgan fingerprint density at radius 2 is 1.65 bits per heavy atom. The van der Waals surface area contributed by atoms with Crippen molar-refractivity contribution in [3.63, 3.8) is 0 Å². The lowest BCUT2D eigenvalue weighted by Crippen LogP contribution is -2.40. The number of methoxy groups -OCH3 is 2. The summed E-state index contributed by atoms with van der Waals surface area (Å²) in [7, 11) is 6.80. The van der Waals surface area contributed by atoms with Crippen molar-refractivity contribution in [3.05, 3.63) is 112 Å². The summed E-state index contributed by atoms with van der Waals surface area (Å²) in [6.45, 7) is -0.0575. The van der Waals surface area contributed by atoms with Gasteiger partial charge in [0.15, 0.2) is 17.4 Å². The van der Waals surface area contributed by atoms with Crippen molar-refractivity contribution in [3.8, 4) is 17.6 Å². The van der Waals surface area contributed by atoms with E-state index in [0.29, 0.717) is 11.5 Å². The molecule has 0 bridgehead atoms. The lowest BCUT2D eigenvalue weighted by molar-refractivity contribution is -0.0959. The quantitative estimate of drug-likeness (QED) is 0.0748. The SMILES string of the molecule is COc1ccc(C(OC[C@H]2O[C@@H](n3cnc4c(=O)[nH]c(N=CN(C)C)nc43)[C@@H](OCCC#N)C2O)(c2ccccc2)c2ccc(OC)cc2)cc1. The average Bonchev–Trinajstić information content (AvgIpc) is 3.72. The standard InChI is InChI=1S/C37H39N7O7/c1-43(2)22-40-36-41-33-30(34(46)42-36)39-23-44(33)35-32(49-20-8-19-38)31(45)29(51-35)21-50-37(24-9-6-5-7-10-24,25-11-15-27(47-3)16-12-25)26-13-17-28(48-4)18-14-26/h5-7,9-18,22-23,29,31-32,35,45H,8,20-21H2,1-4H3,(H,41,42,46)/t29-,31?,32+,35-/m1/s1. The molecule has 0 spiro atoms. The van der Waals surface area contributed by atoms with Crippen LogP contribution in [-0.4, -0.2) is 95.7 Å². The van der Waals surface area contributed by atoms with Crippen LogP contribution in [0.25, 0.3) is 11.2 Å². The highest BCUT2D eigenvalue weighted by molar-refractivity contribution is 5.71. The summed E-state index contributed by atoms with van der Waals surface area (Å²) in [5.74, 6) is 1.43. The lowest BCUT2D eigenvalue weighted by atomic mass is 9.80. The molecule has 1 fully saturated rings. The Kier molecular flexibility index (Phi) is 10.7. The van der Waals surface area contributed by atoms with Crippen LogP contribution in [0.2, 0.25) is 0 Å². The third-order valence-electron chi connectivity index (χ3n) is 8.58. The number of H-pyrrole nitrogens is 1. The number of benzene rings is 3. The summed E-state index contributed by atoms with van der Waals surface area (Å²) in [6.07, 6.45) is -1.07. The van der Waals surface area contributed by atoms with Gasteiger partial charge in [0, 0.05) is 14.1 Å². The Labute approximate surface area is 294 Å². The van der Waals surface area contributed by atoms with Crippen LogP contribution in [0.1, 0.15) is 29.3 Å². The number of aliphatic hydroxyl groups is 1. The molecule has 264 valence electrons. The molecule has 3 aromatic carbocycles. The first-order valence-corrected chi connectivity index (χ1v) is 16.3. The molecule has 0 radical (unpaired) electrons. The fraction of sp³-hybridized carbons (Fsp3) is 0.324. The first kappa shape index (κ1) is 35.2. The van der Waals surface area contributed by atoms with Gasteiger partial charge in [0.05, 0.1) is 52.6 Å². The number of aromatic amines is 1. The van der Waals surface area contributed by atoms with Crippen LogP contribution >= 0.6 is 0 Å². The van der Waals surface area contributed by atoms with Crippen LogP contribution in [0.3, 0.4) is 0 Å². The molecule has 1 aliphatic rings. The van der Waals surface area contributed by atoms with Gasteiger partial charge in [0.2, 0.25) is 5.95 Å². The Hall–Kier alpha value is -5.59. The highest BCUT2D eigenvalue weighted by atomic mass is 16.6. The minimum absolute atomic E-state index is 0.0380. The predicted octanol–water partition coefficient (Wildman–Crippen LogP) is 3.92. The Morgan fingerprint density at radius 3 is 2.24 bits per heavy atom. The van der Waals surface area contributed by atoms with Gasteiger partial charge in [-0.25, -0.2) is 9.98 Å². The van der Waals surface area contributed by atoms with E-state index in [-0.39, 0.29) is 36.7 Å². The maximum atomic E-state index is 12.9. The summed E-state index contributed by atoms with van der Waals surface area (Å²) in [6, 6.07) is 27.1. The molecule has 1 aliphatic heterocycles. The van der Waals surface area contributed by atoms with E-state index in [9.17, 15) is 15.2 Å². The number of fused-ring (bicyclic) bond motifs is 1. The first-order chi connectivity index (χ1) is 24.8. The maximum Gasteiger partial charge on any atom is 0.280 e. The number of rotatable bonds is 14. The van der Waals surface area contributed by atoms with E-state index >= 15 is 0 Å². The van der Waals surface area contributed by atoms with Crippen LogP contribution in [0.15, 0.2) is 95.0 Å². The van der Waals surface area contributed by atoms with Crippen molar-refractivity contribution in [2.45, 2.75) is 36.6 Å². The first-order valence-electron chi connectivity index (χ1n) is 16.3. The third-order valence-corrected chi connectivity index (χ3v) is 8.58. The van der Waals surface area contributed by atoms with Gasteiger partial charge in [-0.3, -0.25) is 14.3 Å². The molecule has 3 heterocycles. The van der Waals surface area contributed by atoms with Gasteiger partial charge >= 0.3 is 0 Å². The Morgan fingerprint density at radius 1 is 1.02 bits per heavy atom. The molecular weight excluding hydrogens is 654 g/mol. The number of aliphatic imine (C=N–C) groups is 1. The number of imidazole rings is 1. The minimum atomic E-state index is -1.21. The van der Waals surface area contributed by atoms with Crippen molar-refractivity contribution in [2.24, 2.45) is 4.99 Å². The second kappa shape index (κ2) is 15.5. The van der Waals surface area contributed by atoms with Crippen molar-refractivity contribution in [1.82, 2.24) is 24.4 Å². The second-order valence-electron chi connectivity index (χ2n) is 12.0.